The Morgan fingerprint density at radius 2 is 2.04 bits per heavy atom. The van der Waals surface area contributed by atoms with Gasteiger partial charge in [-0.1, -0.05) is 48.5 Å². The Hall–Kier alpha value is -2.66. The maximum absolute atomic E-state index is 4.58. The maximum atomic E-state index is 4.58. The second-order valence-corrected chi connectivity index (χ2v) is 6.54. The zero-order chi connectivity index (χ0) is 16.2. The van der Waals surface area contributed by atoms with Crippen molar-refractivity contribution in [1.82, 2.24) is 4.98 Å². The van der Waals surface area contributed by atoms with Gasteiger partial charge in [0.2, 0.25) is 5.13 Å². The second kappa shape index (κ2) is 6.84. The highest BCUT2D eigenvalue weighted by molar-refractivity contribution is 7.14. The van der Waals surface area contributed by atoms with Crippen LogP contribution in [-0.4, -0.2) is 17.7 Å². The highest BCUT2D eigenvalue weighted by Crippen LogP contribution is 2.26. The van der Waals surface area contributed by atoms with E-state index in [0.717, 1.165) is 34.9 Å². The van der Waals surface area contributed by atoms with E-state index in [0.29, 0.717) is 0 Å². The number of hydrogen-bond donors (Lipinski definition) is 2. The number of nitrogens with one attached hydrogen (secondary N) is 2. The summed E-state index contributed by atoms with van der Waals surface area (Å²) in [4.78, 5) is 4.58. The summed E-state index contributed by atoms with van der Waals surface area (Å²) in [5, 5.41) is 10.7. The van der Waals surface area contributed by atoms with Crippen molar-refractivity contribution in [1.29, 1.82) is 0 Å². The van der Waals surface area contributed by atoms with E-state index < -0.39 is 0 Å². The van der Waals surface area contributed by atoms with Crippen molar-refractivity contribution in [3.8, 4) is 11.3 Å². The molecule has 0 fully saturated rings. The molecule has 5 heteroatoms. The molecule has 0 saturated heterocycles. The summed E-state index contributed by atoms with van der Waals surface area (Å²) >= 11 is 1.56. The summed E-state index contributed by atoms with van der Waals surface area (Å²) in [5.74, 6) is 0. The van der Waals surface area contributed by atoms with Crippen LogP contribution in [0.4, 0.5) is 10.8 Å². The molecule has 120 valence electrons. The van der Waals surface area contributed by atoms with Gasteiger partial charge in [-0.25, -0.2) is 4.98 Å². The molecule has 3 aromatic rings. The topological polar surface area (TPSA) is 49.3 Å². The second-order valence-electron chi connectivity index (χ2n) is 5.69. The predicted molar refractivity (Wildman–Crippen MR) is 102 cm³/mol. The molecular weight excluding hydrogens is 316 g/mol. The van der Waals surface area contributed by atoms with Crippen LogP contribution in [0.5, 0.6) is 0 Å². The van der Waals surface area contributed by atoms with Crippen molar-refractivity contribution in [3.05, 3.63) is 65.0 Å². The van der Waals surface area contributed by atoms with Crippen LogP contribution < -0.4 is 10.7 Å². The zero-order valence-corrected chi connectivity index (χ0v) is 14.0. The maximum Gasteiger partial charge on any atom is 0.203 e. The lowest BCUT2D eigenvalue weighted by atomic mass is 10.00. The van der Waals surface area contributed by atoms with Crippen LogP contribution in [0.3, 0.4) is 0 Å². The van der Waals surface area contributed by atoms with Crippen molar-refractivity contribution in [2.24, 2.45) is 5.10 Å². The van der Waals surface area contributed by atoms with Gasteiger partial charge in [-0.2, -0.15) is 5.10 Å². The monoisotopic (exact) mass is 334 g/mol. The van der Waals surface area contributed by atoms with E-state index in [-0.39, 0.29) is 0 Å². The number of hydrogen-bond acceptors (Lipinski definition) is 5. The first-order valence-electron chi connectivity index (χ1n) is 8.06. The zero-order valence-electron chi connectivity index (χ0n) is 13.2. The Bertz CT molecular complexity index is 855. The van der Waals surface area contributed by atoms with Crippen LogP contribution >= 0.6 is 11.3 Å². The minimum absolute atomic E-state index is 0.794. The first kappa shape index (κ1) is 14.9. The van der Waals surface area contributed by atoms with Crippen molar-refractivity contribution in [3.63, 3.8) is 0 Å². The van der Waals surface area contributed by atoms with Crippen LogP contribution in [-0.2, 0) is 6.42 Å². The van der Waals surface area contributed by atoms with Crippen molar-refractivity contribution < 1.29 is 0 Å². The smallest absolute Gasteiger partial charge is 0.203 e. The lowest BCUT2D eigenvalue weighted by Gasteiger charge is -2.19. The molecule has 24 heavy (non-hydrogen) atoms. The molecule has 0 unspecified atom stereocenters. The molecule has 0 aliphatic carbocycles. The average molecular weight is 334 g/mol. The minimum Gasteiger partial charge on any atom is -0.384 e. The van der Waals surface area contributed by atoms with Gasteiger partial charge in [-0.05, 0) is 18.4 Å². The molecule has 2 aromatic carbocycles. The molecule has 2 N–H and O–H groups in total. The third-order valence-electron chi connectivity index (χ3n) is 4.05. The van der Waals surface area contributed by atoms with Crippen LogP contribution in [0.2, 0.25) is 0 Å². The van der Waals surface area contributed by atoms with Crippen molar-refractivity contribution >= 4 is 28.4 Å². The van der Waals surface area contributed by atoms with E-state index in [2.05, 4.69) is 51.2 Å². The number of nitrogens with zero attached hydrogens (tertiary/aromatic N) is 2. The molecule has 0 atom stereocenters. The molecule has 4 rings (SSSR count). The number of benzene rings is 2. The molecule has 0 amide bonds. The van der Waals surface area contributed by atoms with E-state index in [9.17, 15) is 0 Å². The fraction of sp³-hybridized carbons (Fsp3) is 0.158. The largest absolute Gasteiger partial charge is 0.384 e. The van der Waals surface area contributed by atoms with Crippen LogP contribution in [0.15, 0.2) is 59.0 Å². The van der Waals surface area contributed by atoms with Crippen LogP contribution in [0.1, 0.15) is 17.5 Å². The van der Waals surface area contributed by atoms with Gasteiger partial charge < -0.3 is 5.32 Å². The van der Waals surface area contributed by atoms with E-state index in [1.165, 1.54) is 17.7 Å². The summed E-state index contributed by atoms with van der Waals surface area (Å²) in [6, 6.07) is 16.5. The summed E-state index contributed by atoms with van der Waals surface area (Å²) in [5.41, 5.74) is 8.81. The fourth-order valence-corrected chi connectivity index (χ4v) is 3.54. The van der Waals surface area contributed by atoms with Gasteiger partial charge in [0.05, 0.1) is 11.9 Å². The summed E-state index contributed by atoms with van der Waals surface area (Å²) in [6.45, 7) is 1.03. The lowest BCUT2D eigenvalue weighted by molar-refractivity contribution is 0.830. The standard InChI is InChI=1S/C19H18N4S/c1-2-6-14(7-3-1)17-13-24-19(22-17)23-21-12-16-9-4-8-15-10-5-11-20-18(15)16/h1-4,6-9,12-13,20H,5,10-11H2,(H,22,23). The van der Waals surface area contributed by atoms with Gasteiger partial charge in [-0.15, -0.1) is 11.3 Å². The SMILES string of the molecule is C(=NNc1nc(-c2ccccc2)cs1)c1cccc2c1NCCC2. The van der Waals surface area contributed by atoms with Crippen LogP contribution in [0.25, 0.3) is 11.3 Å². The molecule has 0 spiro atoms. The summed E-state index contributed by atoms with van der Waals surface area (Å²) in [6.07, 6.45) is 4.18. The van der Waals surface area contributed by atoms with Crippen molar-refractivity contribution in [2.45, 2.75) is 12.8 Å². The molecule has 0 bridgehead atoms. The van der Waals surface area contributed by atoms with Gasteiger partial charge >= 0.3 is 0 Å². The number of para-hydroxylation sites is 1. The highest BCUT2D eigenvalue weighted by atomic mass is 32.1. The van der Waals surface area contributed by atoms with Gasteiger partial charge in [0.1, 0.15) is 0 Å². The lowest BCUT2D eigenvalue weighted by Crippen LogP contribution is -2.13. The first-order chi connectivity index (χ1) is 11.9. The molecule has 0 saturated carbocycles. The Balaban J connectivity index is 1.48. The summed E-state index contributed by atoms with van der Waals surface area (Å²) in [7, 11) is 0. The highest BCUT2D eigenvalue weighted by Gasteiger charge is 2.10. The van der Waals surface area contributed by atoms with E-state index in [1.807, 2.05) is 29.8 Å². The normalized spacial score (nSPS) is 13.5. The Morgan fingerprint density at radius 1 is 1.12 bits per heavy atom. The molecule has 2 heterocycles. The number of aryl methyl sites for hydroxylation is 1. The molecule has 1 aliphatic rings. The van der Waals surface area contributed by atoms with E-state index >= 15 is 0 Å². The third-order valence-corrected chi connectivity index (χ3v) is 4.79. The van der Waals surface area contributed by atoms with Gasteiger partial charge in [0.15, 0.2) is 0 Å². The van der Waals surface area contributed by atoms with Gasteiger partial charge in [0, 0.05) is 28.7 Å². The Labute approximate surface area is 145 Å². The predicted octanol–water partition coefficient (Wildman–Crippen LogP) is 4.61. The first-order valence-corrected chi connectivity index (χ1v) is 8.94. The molecule has 1 aliphatic heterocycles. The number of anilines is 2. The number of fused-ring (bicyclic) bond motifs is 1. The van der Waals surface area contributed by atoms with Crippen molar-refractivity contribution in [2.75, 3.05) is 17.3 Å². The molecule has 0 radical (unpaired) electrons. The number of rotatable bonds is 4. The molecular formula is C19H18N4S. The minimum atomic E-state index is 0.794. The third kappa shape index (κ3) is 3.16. The fourth-order valence-electron chi connectivity index (χ4n) is 2.87. The number of aromatic nitrogens is 1. The average Bonchev–Trinajstić information content (AvgIpc) is 3.12. The van der Waals surface area contributed by atoms with Gasteiger partial charge in [0.25, 0.3) is 0 Å². The van der Waals surface area contributed by atoms with Gasteiger partial charge in [-0.3, -0.25) is 5.43 Å². The molecule has 4 nitrogen and oxygen atoms in total. The van der Waals surface area contributed by atoms with Crippen LogP contribution in [0, 0.1) is 0 Å². The Kier molecular flexibility index (Phi) is 4.25. The quantitative estimate of drug-likeness (QED) is 0.541. The Morgan fingerprint density at radius 3 is 2.96 bits per heavy atom. The number of thiazole rings is 1. The van der Waals surface area contributed by atoms with E-state index in [1.54, 1.807) is 11.3 Å². The summed E-state index contributed by atoms with van der Waals surface area (Å²) < 4.78 is 0. The number of hydrazone groups is 1. The van der Waals surface area contributed by atoms with E-state index in [4.69, 9.17) is 0 Å². The molecule has 1 aromatic heterocycles.